The summed E-state index contributed by atoms with van der Waals surface area (Å²) < 4.78 is 0. The first-order valence-electron chi connectivity index (χ1n) is 5.76. The van der Waals surface area contributed by atoms with Gasteiger partial charge in [0.05, 0.1) is 6.61 Å². The molecule has 0 spiro atoms. The van der Waals surface area contributed by atoms with Crippen molar-refractivity contribution in [2.45, 2.75) is 24.9 Å². The average molecular weight is 256 g/mol. The normalized spacial score (nSPS) is 10.5. The third-order valence-corrected chi connectivity index (χ3v) is 3.20. The van der Waals surface area contributed by atoms with Crippen molar-refractivity contribution in [2.75, 3.05) is 36.6 Å². The van der Waals surface area contributed by atoms with E-state index in [1.807, 2.05) is 11.9 Å². The molecule has 3 N–H and O–H groups in total. The molecule has 5 nitrogen and oxygen atoms in total. The minimum Gasteiger partial charge on any atom is -0.395 e. The lowest BCUT2D eigenvalue weighted by Gasteiger charge is -2.17. The van der Waals surface area contributed by atoms with Crippen molar-refractivity contribution in [3.05, 3.63) is 6.07 Å². The highest BCUT2D eigenvalue weighted by molar-refractivity contribution is 7.99. The standard InChI is InChI=1S/C11H20N4OS/c1-3-4-7-17-11-13-9(12)8-10(14-11)15(2)5-6-16/h8,16H,3-7H2,1-2H3,(H2,12,13,14). The second kappa shape index (κ2) is 7.34. The molecule has 0 fully saturated rings. The summed E-state index contributed by atoms with van der Waals surface area (Å²) >= 11 is 1.62. The smallest absolute Gasteiger partial charge is 0.191 e. The molecule has 1 aromatic rings. The number of aliphatic hydroxyl groups excluding tert-OH is 1. The number of nitrogens with two attached hydrogens (primary N) is 1. The highest BCUT2D eigenvalue weighted by atomic mass is 32.2. The third kappa shape index (κ3) is 4.79. The van der Waals surface area contributed by atoms with E-state index in [1.165, 1.54) is 0 Å². The molecular weight excluding hydrogens is 236 g/mol. The Morgan fingerprint density at radius 1 is 1.47 bits per heavy atom. The maximum atomic E-state index is 8.89. The van der Waals surface area contributed by atoms with Gasteiger partial charge in [-0.3, -0.25) is 0 Å². The van der Waals surface area contributed by atoms with E-state index in [9.17, 15) is 0 Å². The molecule has 0 unspecified atom stereocenters. The van der Waals surface area contributed by atoms with Gasteiger partial charge in [0.15, 0.2) is 5.16 Å². The predicted molar refractivity (Wildman–Crippen MR) is 72.4 cm³/mol. The van der Waals surface area contributed by atoms with Crippen LogP contribution >= 0.6 is 11.8 Å². The van der Waals surface area contributed by atoms with Crippen molar-refractivity contribution < 1.29 is 5.11 Å². The van der Waals surface area contributed by atoms with E-state index in [0.29, 0.717) is 17.5 Å². The Morgan fingerprint density at radius 3 is 2.88 bits per heavy atom. The van der Waals surface area contributed by atoms with Crippen molar-refractivity contribution in [3.8, 4) is 0 Å². The summed E-state index contributed by atoms with van der Waals surface area (Å²) in [7, 11) is 1.87. The van der Waals surface area contributed by atoms with Crippen LogP contribution in [0, 0.1) is 0 Å². The summed E-state index contributed by atoms with van der Waals surface area (Å²) in [6.07, 6.45) is 2.30. The third-order valence-electron chi connectivity index (χ3n) is 2.27. The number of nitrogens with zero attached hydrogens (tertiary/aromatic N) is 3. The molecule has 17 heavy (non-hydrogen) atoms. The number of likely N-dealkylation sites (N-methyl/N-ethyl adjacent to an activating group) is 1. The van der Waals surface area contributed by atoms with Gasteiger partial charge in [-0.25, -0.2) is 9.97 Å². The summed E-state index contributed by atoms with van der Waals surface area (Å²) in [6, 6.07) is 1.72. The number of thioether (sulfide) groups is 1. The van der Waals surface area contributed by atoms with Crippen molar-refractivity contribution in [1.29, 1.82) is 0 Å². The van der Waals surface area contributed by atoms with Gasteiger partial charge in [-0.15, -0.1) is 0 Å². The lowest BCUT2D eigenvalue weighted by Crippen LogP contribution is -2.22. The lowest BCUT2D eigenvalue weighted by atomic mass is 10.4. The van der Waals surface area contributed by atoms with Gasteiger partial charge in [0.25, 0.3) is 0 Å². The van der Waals surface area contributed by atoms with E-state index in [1.54, 1.807) is 17.8 Å². The molecule has 0 radical (unpaired) electrons. The van der Waals surface area contributed by atoms with E-state index in [-0.39, 0.29) is 6.61 Å². The van der Waals surface area contributed by atoms with Gasteiger partial charge in [0.1, 0.15) is 11.6 Å². The summed E-state index contributed by atoms with van der Waals surface area (Å²) in [6.45, 7) is 2.79. The number of anilines is 2. The minimum atomic E-state index is 0.0960. The number of hydrogen-bond acceptors (Lipinski definition) is 6. The van der Waals surface area contributed by atoms with E-state index in [0.717, 1.165) is 24.4 Å². The molecule has 96 valence electrons. The Labute approximate surface area is 106 Å². The number of hydrogen-bond donors (Lipinski definition) is 2. The molecular formula is C11H20N4OS. The maximum Gasteiger partial charge on any atom is 0.191 e. The Balaban J connectivity index is 2.71. The van der Waals surface area contributed by atoms with Crippen LogP contribution in [0.2, 0.25) is 0 Å². The number of aliphatic hydroxyl groups is 1. The number of unbranched alkanes of at least 4 members (excludes halogenated alkanes) is 1. The van der Waals surface area contributed by atoms with E-state index >= 15 is 0 Å². The van der Waals surface area contributed by atoms with Crippen LogP contribution in [0.3, 0.4) is 0 Å². The summed E-state index contributed by atoms with van der Waals surface area (Å²) in [5.74, 6) is 2.23. The summed E-state index contributed by atoms with van der Waals surface area (Å²) in [4.78, 5) is 10.5. The second-order valence-corrected chi connectivity index (χ2v) is 4.84. The highest BCUT2D eigenvalue weighted by Crippen LogP contribution is 2.20. The van der Waals surface area contributed by atoms with Gasteiger partial charge in [0, 0.05) is 25.4 Å². The van der Waals surface area contributed by atoms with Crippen LogP contribution in [0.15, 0.2) is 11.2 Å². The largest absolute Gasteiger partial charge is 0.395 e. The number of rotatable bonds is 7. The molecule has 0 saturated heterocycles. The van der Waals surface area contributed by atoms with Gasteiger partial charge in [0.2, 0.25) is 0 Å². The molecule has 0 amide bonds. The predicted octanol–water partition coefficient (Wildman–Crippen LogP) is 1.38. The molecule has 0 bridgehead atoms. The van der Waals surface area contributed by atoms with Crippen molar-refractivity contribution in [1.82, 2.24) is 9.97 Å². The van der Waals surface area contributed by atoms with Crippen LogP contribution in [0.4, 0.5) is 11.6 Å². The maximum absolute atomic E-state index is 8.89. The highest BCUT2D eigenvalue weighted by Gasteiger charge is 2.07. The van der Waals surface area contributed by atoms with Crippen molar-refractivity contribution in [3.63, 3.8) is 0 Å². The van der Waals surface area contributed by atoms with E-state index in [2.05, 4.69) is 16.9 Å². The molecule has 0 aliphatic carbocycles. The molecule has 1 rings (SSSR count). The quantitative estimate of drug-likeness (QED) is 0.436. The zero-order valence-electron chi connectivity index (χ0n) is 10.4. The molecule has 1 aromatic heterocycles. The Bertz CT molecular complexity index is 348. The lowest BCUT2D eigenvalue weighted by molar-refractivity contribution is 0.303. The van der Waals surface area contributed by atoms with Crippen LogP contribution in [-0.2, 0) is 0 Å². The fourth-order valence-electron chi connectivity index (χ4n) is 1.26. The van der Waals surface area contributed by atoms with Gasteiger partial charge >= 0.3 is 0 Å². The molecule has 0 saturated carbocycles. The fraction of sp³-hybridized carbons (Fsp3) is 0.636. The van der Waals surface area contributed by atoms with E-state index in [4.69, 9.17) is 10.8 Å². The van der Waals surface area contributed by atoms with Gasteiger partial charge in [-0.2, -0.15) is 0 Å². The molecule has 0 atom stereocenters. The summed E-state index contributed by atoms with van der Waals surface area (Å²) in [5.41, 5.74) is 5.74. The molecule has 0 aliphatic rings. The minimum absolute atomic E-state index is 0.0960. The topological polar surface area (TPSA) is 75.3 Å². The first-order valence-corrected chi connectivity index (χ1v) is 6.75. The number of aromatic nitrogens is 2. The molecule has 0 aliphatic heterocycles. The van der Waals surface area contributed by atoms with Gasteiger partial charge < -0.3 is 15.7 Å². The van der Waals surface area contributed by atoms with Crippen LogP contribution in [-0.4, -0.2) is 41.0 Å². The summed E-state index contributed by atoms with van der Waals surface area (Å²) in [5, 5.41) is 9.60. The molecule has 1 heterocycles. The first-order chi connectivity index (χ1) is 8.17. The Kier molecular flexibility index (Phi) is 6.07. The van der Waals surface area contributed by atoms with Gasteiger partial charge in [-0.05, 0) is 6.42 Å². The Morgan fingerprint density at radius 2 is 2.24 bits per heavy atom. The van der Waals surface area contributed by atoms with Crippen molar-refractivity contribution in [2.24, 2.45) is 0 Å². The number of nitrogen functional groups attached to an aromatic ring is 1. The zero-order chi connectivity index (χ0) is 12.7. The Hall–Kier alpha value is -1.01. The SMILES string of the molecule is CCCCSc1nc(N)cc(N(C)CCO)n1. The average Bonchev–Trinajstić information content (AvgIpc) is 2.29. The van der Waals surface area contributed by atoms with Crippen LogP contribution < -0.4 is 10.6 Å². The zero-order valence-corrected chi connectivity index (χ0v) is 11.2. The van der Waals surface area contributed by atoms with Crippen LogP contribution in [0.5, 0.6) is 0 Å². The van der Waals surface area contributed by atoms with E-state index < -0.39 is 0 Å². The van der Waals surface area contributed by atoms with Crippen LogP contribution in [0.1, 0.15) is 19.8 Å². The monoisotopic (exact) mass is 256 g/mol. The molecule has 0 aromatic carbocycles. The van der Waals surface area contributed by atoms with Gasteiger partial charge in [-0.1, -0.05) is 25.1 Å². The molecule has 6 heteroatoms. The second-order valence-electron chi connectivity index (χ2n) is 3.78. The fourth-order valence-corrected chi connectivity index (χ4v) is 2.21. The van der Waals surface area contributed by atoms with Crippen molar-refractivity contribution >= 4 is 23.4 Å². The van der Waals surface area contributed by atoms with Crippen LogP contribution in [0.25, 0.3) is 0 Å². The first kappa shape index (κ1) is 14.1.